The number of hydrogen-bond acceptors (Lipinski definition) is 7. The van der Waals surface area contributed by atoms with Crippen LogP contribution < -0.4 is 10.6 Å². The number of amides is 1. The highest BCUT2D eigenvalue weighted by Crippen LogP contribution is 2.14. The van der Waals surface area contributed by atoms with Gasteiger partial charge >= 0.3 is 0 Å². The second kappa shape index (κ2) is 7.47. The molecule has 8 heteroatoms. The molecule has 1 aliphatic rings. The van der Waals surface area contributed by atoms with Crippen LogP contribution in [0.3, 0.4) is 0 Å². The Labute approximate surface area is 139 Å². The molecule has 23 heavy (non-hydrogen) atoms. The topological polar surface area (TPSA) is 88.2 Å². The molecule has 1 amide bonds. The maximum atomic E-state index is 12.4. The van der Waals surface area contributed by atoms with E-state index in [1.165, 1.54) is 0 Å². The molecule has 1 fully saturated rings. The Morgan fingerprint density at radius 1 is 1.22 bits per heavy atom. The van der Waals surface area contributed by atoms with Gasteiger partial charge in [0.15, 0.2) is 0 Å². The molecule has 1 saturated heterocycles. The van der Waals surface area contributed by atoms with Gasteiger partial charge in [0.25, 0.3) is 0 Å². The van der Waals surface area contributed by atoms with E-state index in [0.29, 0.717) is 26.1 Å². The zero-order chi connectivity index (χ0) is 16.1. The van der Waals surface area contributed by atoms with Gasteiger partial charge in [-0.2, -0.15) is 0 Å². The molecular formula is C15H20N6OS. The zero-order valence-corrected chi connectivity index (χ0v) is 13.7. The third-order valence-electron chi connectivity index (χ3n) is 3.76. The highest BCUT2D eigenvalue weighted by atomic mass is 32.1. The monoisotopic (exact) mass is 332 g/mol. The predicted octanol–water partition coefficient (Wildman–Crippen LogP) is 0.326. The Morgan fingerprint density at radius 2 is 1.96 bits per heavy atom. The van der Waals surface area contributed by atoms with Crippen LogP contribution in [0.25, 0.3) is 0 Å². The Hall–Kier alpha value is -2.06. The van der Waals surface area contributed by atoms with E-state index >= 15 is 0 Å². The smallest absolute Gasteiger partial charge is 0.228 e. The van der Waals surface area contributed by atoms with Gasteiger partial charge in [-0.15, -0.1) is 11.3 Å². The van der Waals surface area contributed by atoms with E-state index < -0.39 is 0 Å². The van der Waals surface area contributed by atoms with Crippen molar-refractivity contribution in [3.63, 3.8) is 0 Å². The highest BCUT2D eigenvalue weighted by molar-refractivity contribution is 7.09. The minimum absolute atomic E-state index is 0.128. The van der Waals surface area contributed by atoms with Crippen LogP contribution >= 0.6 is 11.3 Å². The number of carbonyl (C=O) groups excluding carboxylic acids is 1. The maximum absolute atomic E-state index is 12.4. The lowest BCUT2D eigenvalue weighted by Gasteiger charge is -2.34. The third kappa shape index (κ3) is 4.02. The van der Waals surface area contributed by atoms with Crippen molar-refractivity contribution < 1.29 is 4.79 Å². The molecule has 2 aromatic heterocycles. The van der Waals surface area contributed by atoms with Gasteiger partial charge in [-0.1, -0.05) is 0 Å². The minimum atomic E-state index is 0.128. The van der Waals surface area contributed by atoms with Crippen LogP contribution in [-0.2, 0) is 17.6 Å². The van der Waals surface area contributed by atoms with Gasteiger partial charge in [0, 0.05) is 50.4 Å². The summed E-state index contributed by atoms with van der Waals surface area (Å²) in [5, 5.41) is 2.96. The summed E-state index contributed by atoms with van der Waals surface area (Å²) in [6, 6.07) is 1.80. The number of aromatic nitrogens is 3. The van der Waals surface area contributed by atoms with Crippen LogP contribution in [-0.4, -0.2) is 58.5 Å². The van der Waals surface area contributed by atoms with E-state index in [9.17, 15) is 4.79 Å². The number of thiazole rings is 1. The fourth-order valence-electron chi connectivity index (χ4n) is 2.55. The average molecular weight is 332 g/mol. The van der Waals surface area contributed by atoms with Crippen molar-refractivity contribution >= 4 is 23.2 Å². The molecule has 0 aliphatic carbocycles. The number of hydrogen-bond donors (Lipinski definition) is 1. The molecule has 0 radical (unpaired) electrons. The second-order valence-corrected chi connectivity index (χ2v) is 6.31. The number of nitrogens with zero attached hydrogens (tertiary/aromatic N) is 5. The Balaban J connectivity index is 1.51. The van der Waals surface area contributed by atoms with Crippen molar-refractivity contribution in [3.8, 4) is 0 Å². The second-order valence-electron chi connectivity index (χ2n) is 5.36. The van der Waals surface area contributed by atoms with Crippen LogP contribution in [0.15, 0.2) is 23.8 Å². The first-order valence-electron chi connectivity index (χ1n) is 7.69. The summed E-state index contributed by atoms with van der Waals surface area (Å²) in [7, 11) is 0. The van der Waals surface area contributed by atoms with Gasteiger partial charge in [-0.05, 0) is 12.6 Å². The largest absolute Gasteiger partial charge is 0.339 e. The Morgan fingerprint density at radius 3 is 2.65 bits per heavy atom. The van der Waals surface area contributed by atoms with Crippen molar-refractivity contribution in [3.05, 3.63) is 34.5 Å². The lowest BCUT2D eigenvalue weighted by molar-refractivity contribution is -0.130. The number of piperazine rings is 1. The van der Waals surface area contributed by atoms with Gasteiger partial charge in [0.05, 0.1) is 17.1 Å². The van der Waals surface area contributed by atoms with E-state index in [4.69, 9.17) is 5.73 Å². The van der Waals surface area contributed by atoms with Crippen molar-refractivity contribution in [1.29, 1.82) is 0 Å². The van der Waals surface area contributed by atoms with Gasteiger partial charge < -0.3 is 15.5 Å². The van der Waals surface area contributed by atoms with Crippen LogP contribution in [0.2, 0.25) is 0 Å². The molecule has 2 N–H and O–H groups in total. The number of carbonyl (C=O) groups is 1. The quantitative estimate of drug-likeness (QED) is 0.849. The lowest BCUT2D eigenvalue weighted by atomic mass is 10.2. The van der Waals surface area contributed by atoms with Crippen molar-refractivity contribution in [1.82, 2.24) is 19.9 Å². The summed E-state index contributed by atoms with van der Waals surface area (Å²) >= 11 is 1.57. The van der Waals surface area contributed by atoms with E-state index in [0.717, 1.165) is 36.2 Å². The molecule has 0 aromatic carbocycles. The predicted molar refractivity (Wildman–Crippen MR) is 89.4 cm³/mol. The SMILES string of the molecule is NCCc1nc(CC(=O)N2CCN(c3ncccn3)CC2)cs1. The standard InChI is InChI=1S/C15H20N6OS/c16-3-2-13-19-12(11-23-13)10-14(22)20-6-8-21(9-7-20)15-17-4-1-5-18-15/h1,4-5,11H,2-3,6-10,16H2. The molecule has 3 heterocycles. The molecule has 0 unspecified atom stereocenters. The number of anilines is 1. The summed E-state index contributed by atoms with van der Waals surface area (Å²) in [5.41, 5.74) is 6.37. The first kappa shape index (κ1) is 15.8. The molecular weight excluding hydrogens is 312 g/mol. The van der Waals surface area contributed by atoms with E-state index in [2.05, 4.69) is 19.9 Å². The summed E-state index contributed by atoms with van der Waals surface area (Å²) in [6.45, 7) is 3.48. The molecule has 3 rings (SSSR count). The molecule has 7 nitrogen and oxygen atoms in total. The Kier molecular flexibility index (Phi) is 5.14. The molecule has 0 bridgehead atoms. The fraction of sp³-hybridized carbons (Fsp3) is 0.467. The van der Waals surface area contributed by atoms with Gasteiger partial charge in [0.1, 0.15) is 0 Å². The van der Waals surface area contributed by atoms with Gasteiger partial charge in [-0.25, -0.2) is 15.0 Å². The van der Waals surface area contributed by atoms with E-state index in [-0.39, 0.29) is 5.91 Å². The van der Waals surface area contributed by atoms with Gasteiger partial charge in [0.2, 0.25) is 11.9 Å². The molecule has 0 atom stereocenters. The third-order valence-corrected chi connectivity index (χ3v) is 4.71. The maximum Gasteiger partial charge on any atom is 0.228 e. The van der Waals surface area contributed by atoms with Crippen molar-refractivity contribution in [2.24, 2.45) is 5.73 Å². The molecule has 2 aromatic rings. The first-order chi connectivity index (χ1) is 11.3. The summed E-state index contributed by atoms with van der Waals surface area (Å²) < 4.78 is 0. The first-order valence-corrected chi connectivity index (χ1v) is 8.57. The molecule has 122 valence electrons. The molecule has 0 spiro atoms. The van der Waals surface area contributed by atoms with Crippen LogP contribution in [0.5, 0.6) is 0 Å². The molecule has 1 aliphatic heterocycles. The lowest BCUT2D eigenvalue weighted by Crippen LogP contribution is -2.49. The Bertz CT molecular complexity index is 638. The van der Waals surface area contributed by atoms with Crippen molar-refractivity contribution in [2.45, 2.75) is 12.8 Å². The summed E-state index contributed by atoms with van der Waals surface area (Å²) in [4.78, 5) is 29.4. The van der Waals surface area contributed by atoms with Crippen LogP contribution in [0, 0.1) is 0 Å². The molecule has 0 saturated carbocycles. The van der Waals surface area contributed by atoms with Crippen LogP contribution in [0.1, 0.15) is 10.7 Å². The van der Waals surface area contributed by atoms with Gasteiger partial charge in [-0.3, -0.25) is 4.79 Å². The zero-order valence-electron chi connectivity index (χ0n) is 12.9. The normalized spacial score (nSPS) is 15.0. The number of nitrogens with two attached hydrogens (primary N) is 1. The average Bonchev–Trinajstić information content (AvgIpc) is 3.03. The van der Waals surface area contributed by atoms with Crippen molar-refractivity contribution in [2.75, 3.05) is 37.6 Å². The summed E-state index contributed by atoms with van der Waals surface area (Å²) in [5.74, 6) is 0.855. The highest BCUT2D eigenvalue weighted by Gasteiger charge is 2.23. The van der Waals surface area contributed by atoms with E-state index in [1.807, 2.05) is 10.3 Å². The van der Waals surface area contributed by atoms with E-state index in [1.54, 1.807) is 29.8 Å². The fourth-order valence-corrected chi connectivity index (χ4v) is 3.36. The van der Waals surface area contributed by atoms with Crippen LogP contribution in [0.4, 0.5) is 5.95 Å². The number of rotatable bonds is 5. The minimum Gasteiger partial charge on any atom is -0.339 e. The summed E-state index contributed by atoms with van der Waals surface area (Å²) in [6.07, 6.45) is 4.61.